The molecule has 1 N–H and O–H groups in total. The fraction of sp³-hybridized carbons (Fsp3) is 0.550. The summed E-state index contributed by atoms with van der Waals surface area (Å²) in [5, 5.41) is 9.08. The predicted molar refractivity (Wildman–Crippen MR) is 89.8 cm³/mol. The van der Waals surface area contributed by atoms with Gasteiger partial charge in [-0.2, -0.15) is 0 Å². The molecule has 2 heteroatoms. The maximum absolute atomic E-state index is 11.0. The van der Waals surface area contributed by atoms with Crippen molar-refractivity contribution >= 4 is 5.97 Å². The third-order valence-electron chi connectivity index (χ3n) is 4.55. The summed E-state index contributed by atoms with van der Waals surface area (Å²) >= 11 is 0. The van der Waals surface area contributed by atoms with Crippen molar-refractivity contribution in [2.75, 3.05) is 0 Å². The summed E-state index contributed by atoms with van der Waals surface area (Å²) in [6.07, 6.45) is 8.57. The molecule has 1 aromatic carbocycles. The Hall–Kier alpha value is -1.75. The highest BCUT2D eigenvalue weighted by Gasteiger charge is 2.30. The molecule has 1 aromatic rings. The van der Waals surface area contributed by atoms with E-state index < -0.39 is 5.97 Å². The van der Waals surface area contributed by atoms with Crippen LogP contribution in [0.3, 0.4) is 0 Å². The van der Waals surface area contributed by atoms with Crippen LogP contribution in [0, 0.1) is 17.8 Å². The fourth-order valence-electron chi connectivity index (χ4n) is 3.15. The molecule has 22 heavy (non-hydrogen) atoms. The van der Waals surface area contributed by atoms with E-state index in [1.807, 2.05) is 0 Å². The summed E-state index contributed by atoms with van der Waals surface area (Å²) in [4.78, 5) is 11.0. The van der Waals surface area contributed by atoms with Crippen molar-refractivity contribution in [2.45, 2.75) is 64.2 Å². The topological polar surface area (TPSA) is 37.3 Å². The Kier molecular flexibility index (Phi) is 6.52. The van der Waals surface area contributed by atoms with Crippen LogP contribution >= 0.6 is 0 Å². The van der Waals surface area contributed by atoms with Crippen molar-refractivity contribution in [3.8, 4) is 11.8 Å². The first-order chi connectivity index (χ1) is 10.7. The van der Waals surface area contributed by atoms with Crippen molar-refractivity contribution < 1.29 is 9.90 Å². The van der Waals surface area contributed by atoms with Crippen LogP contribution in [0.5, 0.6) is 0 Å². The number of hydrogen-bond donors (Lipinski definition) is 1. The third-order valence-corrected chi connectivity index (χ3v) is 4.55. The lowest BCUT2D eigenvalue weighted by molar-refractivity contribution is -0.141. The highest BCUT2D eigenvalue weighted by atomic mass is 16.4. The smallest absolute Gasteiger partial charge is 0.306 e. The van der Waals surface area contributed by atoms with Gasteiger partial charge in [0, 0.05) is 12.0 Å². The van der Waals surface area contributed by atoms with E-state index in [2.05, 4.69) is 43.0 Å². The molecule has 2 nitrogen and oxygen atoms in total. The molecule has 1 fully saturated rings. The van der Waals surface area contributed by atoms with Crippen LogP contribution < -0.4 is 0 Å². The molecule has 0 spiro atoms. The number of rotatable bonds is 6. The Morgan fingerprint density at radius 2 is 1.95 bits per heavy atom. The van der Waals surface area contributed by atoms with E-state index in [0.717, 1.165) is 31.2 Å². The van der Waals surface area contributed by atoms with E-state index in [-0.39, 0.29) is 5.92 Å². The molecule has 2 rings (SSSR count). The van der Waals surface area contributed by atoms with E-state index in [9.17, 15) is 4.79 Å². The van der Waals surface area contributed by atoms with Gasteiger partial charge >= 0.3 is 5.97 Å². The van der Waals surface area contributed by atoms with Gasteiger partial charge in [0.1, 0.15) is 0 Å². The van der Waals surface area contributed by atoms with Crippen molar-refractivity contribution in [3.63, 3.8) is 0 Å². The van der Waals surface area contributed by atoms with Crippen molar-refractivity contribution in [2.24, 2.45) is 5.92 Å². The first-order valence-electron chi connectivity index (χ1n) is 8.52. The second kappa shape index (κ2) is 8.63. The molecule has 0 heterocycles. The van der Waals surface area contributed by atoms with Crippen LogP contribution in [0.25, 0.3) is 0 Å². The van der Waals surface area contributed by atoms with Gasteiger partial charge in [-0.25, -0.2) is 0 Å². The molecular formula is C20H26O2. The van der Waals surface area contributed by atoms with E-state index in [1.165, 1.54) is 31.2 Å². The van der Waals surface area contributed by atoms with Crippen molar-refractivity contribution in [1.29, 1.82) is 0 Å². The number of carboxylic acid groups (broad SMARTS) is 1. The number of carboxylic acids is 1. The highest BCUT2D eigenvalue weighted by Crippen LogP contribution is 2.38. The molecule has 1 saturated carbocycles. The molecule has 0 bridgehead atoms. The molecule has 118 valence electrons. The van der Waals surface area contributed by atoms with Gasteiger partial charge in [0.2, 0.25) is 0 Å². The monoisotopic (exact) mass is 298 g/mol. The summed E-state index contributed by atoms with van der Waals surface area (Å²) in [6.45, 7) is 2.22. The maximum Gasteiger partial charge on any atom is 0.306 e. The minimum atomic E-state index is -0.645. The largest absolute Gasteiger partial charge is 0.481 e. The van der Waals surface area contributed by atoms with Gasteiger partial charge < -0.3 is 5.11 Å². The van der Waals surface area contributed by atoms with Gasteiger partial charge in [-0.3, -0.25) is 4.79 Å². The molecule has 2 unspecified atom stereocenters. The molecule has 0 saturated heterocycles. The number of carbonyl (C=O) groups is 1. The molecule has 1 aliphatic rings. The minimum Gasteiger partial charge on any atom is -0.481 e. The van der Waals surface area contributed by atoms with Gasteiger partial charge in [0.05, 0.1) is 5.92 Å². The average Bonchev–Trinajstić information content (AvgIpc) is 3.01. The highest BCUT2D eigenvalue weighted by molar-refractivity contribution is 5.70. The first kappa shape index (κ1) is 16.6. The second-order valence-corrected chi connectivity index (χ2v) is 6.28. The Balaban J connectivity index is 1.83. The van der Waals surface area contributed by atoms with E-state index in [1.54, 1.807) is 0 Å². The molecule has 0 radical (unpaired) electrons. The number of benzene rings is 1. The van der Waals surface area contributed by atoms with Crippen LogP contribution in [-0.2, 0) is 4.79 Å². The lowest BCUT2D eigenvalue weighted by atomic mass is 9.95. The van der Waals surface area contributed by atoms with Crippen LogP contribution in [0.1, 0.15) is 75.3 Å². The maximum atomic E-state index is 11.0. The second-order valence-electron chi connectivity index (χ2n) is 6.28. The molecule has 2 atom stereocenters. The molecule has 0 aliphatic heterocycles. The molecule has 1 aliphatic carbocycles. The fourth-order valence-corrected chi connectivity index (χ4v) is 3.15. The van der Waals surface area contributed by atoms with Gasteiger partial charge in [-0.15, -0.1) is 0 Å². The summed E-state index contributed by atoms with van der Waals surface area (Å²) in [7, 11) is 0. The van der Waals surface area contributed by atoms with Gasteiger partial charge in [0.25, 0.3) is 0 Å². The van der Waals surface area contributed by atoms with Crippen molar-refractivity contribution in [1.82, 2.24) is 0 Å². The summed E-state index contributed by atoms with van der Waals surface area (Å²) in [5.41, 5.74) is 2.32. The number of unbranched alkanes of at least 4 members (excludes halogenated alkanes) is 4. The van der Waals surface area contributed by atoms with Crippen LogP contribution in [0.2, 0.25) is 0 Å². The molecular weight excluding hydrogens is 272 g/mol. The molecule has 0 amide bonds. The van der Waals surface area contributed by atoms with E-state index >= 15 is 0 Å². The number of aliphatic carboxylic acids is 1. The Morgan fingerprint density at radius 1 is 1.18 bits per heavy atom. The van der Waals surface area contributed by atoms with Crippen LogP contribution in [0.15, 0.2) is 24.3 Å². The quantitative estimate of drug-likeness (QED) is 0.594. The zero-order valence-electron chi connectivity index (χ0n) is 13.5. The average molecular weight is 298 g/mol. The van der Waals surface area contributed by atoms with Gasteiger partial charge in [-0.1, -0.05) is 50.2 Å². The minimum absolute atomic E-state index is 0.160. The Morgan fingerprint density at radius 3 is 2.59 bits per heavy atom. The zero-order chi connectivity index (χ0) is 15.8. The van der Waals surface area contributed by atoms with Crippen molar-refractivity contribution in [3.05, 3.63) is 35.4 Å². The summed E-state index contributed by atoms with van der Waals surface area (Å²) in [6, 6.07) is 8.39. The van der Waals surface area contributed by atoms with Gasteiger partial charge in [0.15, 0.2) is 0 Å². The van der Waals surface area contributed by atoms with Crippen LogP contribution in [-0.4, -0.2) is 11.1 Å². The summed E-state index contributed by atoms with van der Waals surface area (Å²) in [5.74, 6) is 6.06. The van der Waals surface area contributed by atoms with Crippen LogP contribution in [0.4, 0.5) is 0 Å². The van der Waals surface area contributed by atoms with Gasteiger partial charge in [-0.05, 0) is 49.3 Å². The van der Waals surface area contributed by atoms with E-state index in [4.69, 9.17) is 5.11 Å². The van der Waals surface area contributed by atoms with E-state index in [0.29, 0.717) is 5.92 Å². The predicted octanol–water partition coefficient (Wildman–Crippen LogP) is 4.98. The zero-order valence-corrected chi connectivity index (χ0v) is 13.5. The lowest BCUT2D eigenvalue weighted by Gasteiger charge is -2.09. The Bertz CT molecular complexity index is 533. The lowest BCUT2D eigenvalue weighted by Crippen LogP contribution is -2.09. The summed E-state index contributed by atoms with van der Waals surface area (Å²) < 4.78 is 0. The SMILES string of the molecule is CCCCCCC#Cc1ccc(C2CCC(C(=O)O)C2)cc1. The number of hydrogen-bond acceptors (Lipinski definition) is 1. The molecule has 0 aromatic heterocycles. The Labute approximate surface area is 133 Å². The normalized spacial score (nSPS) is 20.4. The third kappa shape index (κ3) is 4.91. The standard InChI is InChI=1S/C20H26O2/c1-2-3-4-5-6-7-8-16-9-11-17(12-10-16)18-13-14-19(15-18)20(21)22/h9-12,18-19H,2-6,13-15H2,1H3,(H,21,22). The first-order valence-corrected chi connectivity index (χ1v) is 8.52.